The SMILES string of the molecule is CN(C(=O)CNC(=O)c1ccc(C(F)(F)F)cc1)C1=C(OCc2ccccc2)c2cc(Cl)ccc2NC1(C)Cl. The van der Waals surface area contributed by atoms with Crippen LogP contribution in [0, 0.1) is 0 Å². The van der Waals surface area contributed by atoms with Crippen LogP contribution in [0.1, 0.15) is 34.0 Å². The Morgan fingerprint density at radius 3 is 2.36 bits per heavy atom. The zero-order valence-corrected chi connectivity index (χ0v) is 22.4. The zero-order valence-electron chi connectivity index (χ0n) is 20.9. The predicted octanol–water partition coefficient (Wildman–Crippen LogP) is 6.51. The van der Waals surface area contributed by atoms with Crippen LogP contribution in [0.15, 0.2) is 78.5 Å². The van der Waals surface area contributed by atoms with Gasteiger partial charge in [-0.15, -0.1) is 0 Å². The third-order valence-electron chi connectivity index (χ3n) is 6.07. The molecule has 1 atom stereocenters. The van der Waals surface area contributed by atoms with E-state index in [9.17, 15) is 22.8 Å². The average molecular weight is 578 g/mol. The van der Waals surface area contributed by atoms with E-state index in [0.717, 1.165) is 29.8 Å². The minimum absolute atomic E-state index is 0.0189. The number of rotatable bonds is 7. The summed E-state index contributed by atoms with van der Waals surface area (Å²) in [5.41, 5.74) is 1.54. The lowest BCUT2D eigenvalue weighted by Gasteiger charge is -2.39. The fraction of sp³-hybridized carbons (Fsp3) is 0.214. The Kier molecular flexibility index (Phi) is 8.13. The summed E-state index contributed by atoms with van der Waals surface area (Å²) < 4.78 is 44.7. The van der Waals surface area contributed by atoms with Crippen LogP contribution in [0.25, 0.3) is 5.76 Å². The third-order valence-corrected chi connectivity index (χ3v) is 6.57. The highest BCUT2D eigenvalue weighted by Gasteiger charge is 2.40. The van der Waals surface area contributed by atoms with E-state index in [0.29, 0.717) is 27.7 Å². The number of nitrogens with zero attached hydrogens (tertiary/aromatic N) is 1. The number of hydrogen-bond acceptors (Lipinski definition) is 4. The van der Waals surface area contributed by atoms with Gasteiger partial charge in [0, 0.05) is 28.9 Å². The highest BCUT2D eigenvalue weighted by Crippen LogP contribution is 2.44. The van der Waals surface area contributed by atoms with Crippen LogP contribution in [0.5, 0.6) is 0 Å². The van der Waals surface area contributed by atoms with Crippen LogP contribution < -0.4 is 10.6 Å². The van der Waals surface area contributed by atoms with E-state index in [-0.39, 0.29) is 12.2 Å². The number of fused-ring (bicyclic) bond motifs is 1. The van der Waals surface area contributed by atoms with Crippen molar-refractivity contribution in [3.05, 3.63) is 106 Å². The summed E-state index contributed by atoms with van der Waals surface area (Å²) in [5.74, 6) is -0.907. The van der Waals surface area contributed by atoms with Crippen molar-refractivity contribution in [2.45, 2.75) is 24.7 Å². The second-order valence-electron chi connectivity index (χ2n) is 8.98. The normalized spacial score (nSPS) is 16.7. The van der Waals surface area contributed by atoms with Crippen molar-refractivity contribution < 1.29 is 27.5 Å². The first kappa shape index (κ1) is 28.3. The van der Waals surface area contributed by atoms with Crippen molar-refractivity contribution in [3.8, 4) is 0 Å². The highest BCUT2D eigenvalue weighted by atomic mass is 35.5. The Balaban J connectivity index is 1.58. The molecule has 1 aliphatic heterocycles. The number of alkyl halides is 4. The van der Waals surface area contributed by atoms with Crippen LogP contribution in [-0.2, 0) is 22.3 Å². The van der Waals surface area contributed by atoms with Crippen LogP contribution in [-0.4, -0.2) is 35.3 Å². The van der Waals surface area contributed by atoms with Gasteiger partial charge in [-0.05, 0) is 55.0 Å². The van der Waals surface area contributed by atoms with E-state index in [1.807, 2.05) is 30.3 Å². The Hall–Kier alpha value is -3.69. The van der Waals surface area contributed by atoms with Crippen molar-refractivity contribution in [3.63, 3.8) is 0 Å². The summed E-state index contributed by atoms with van der Waals surface area (Å²) in [7, 11) is 1.49. The molecule has 11 heteroatoms. The first-order valence-electron chi connectivity index (χ1n) is 11.8. The molecule has 0 aliphatic carbocycles. The van der Waals surface area contributed by atoms with E-state index in [4.69, 9.17) is 27.9 Å². The van der Waals surface area contributed by atoms with E-state index in [1.165, 1.54) is 11.9 Å². The van der Waals surface area contributed by atoms with Crippen molar-refractivity contribution in [1.29, 1.82) is 0 Å². The zero-order chi connectivity index (χ0) is 28.4. The van der Waals surface area contributed by atoms with E-state index >= 15 is 0 Å². The summed E-state index contributed by atoms with van der Waals surface area (Å²) in [6, 6.07) is 18.3. The largest absolute Gasteiger partial charge is 0.486 e. The fourth-order valence-corrected chi connectivity index (χ4v) is 4.61. The maximum Gasteiger partial charge on any atom is 0.416 e. The van der Waals surface area contributed by atoms with Gasteiger partial charge in [0.05, 0.1) is 12.1 Å². The number of halogens is 5. The molecule has 204 valence electrons. The Bertz CT molecular complexity index is 1410. The minimum Gasteiger partial charge on any atom is -0.486 e. The first-order valence-corrected chi connectivity index (χ1v) is 12.5. The molecule has 39 heavy (non-hydrogen) atoms. The van der Waals surface area contributed by atoms with E-state index in [2.05, 4.69) is 10.6 Å². The molecule has 0 saturated carbocycles. The molecule has 1 unspecified atom stereocenters. The lowest BCUT2D eigenvalue weighted by molar-refractivity contribution is -0.137. The number of nitrogens with one attached hydrogen (secondary N) is 2. The number of carbonyl (C=O) groups excluding carboxylic acids is 2. The molecule has 1 heterocycles. The molecule has 2 N–H and O–H groups in total. The van der Waals surface area contributed by atoms with Crippen LogP contribution in [0.4, 0.5) is 18.9 Å². The first-order chi connectivity index (χ1) is 18.4. The number of hydrogen-bond donors (Lipinski definition) is 2. The summed E-state index contributed by atoms with van der Waals surface area (Å²) in [5, 5.41) is 6.08. The second kappa shape index (κ2) is 11.2. The molecule has 3 aromatic carbocycles. The Labute approximate surface area is 233 Å². The number of likely N-dealkylation sites (N-methyl/N-ethyl adjacent to an activating group) is 1. The van der Waals surface area contributed by atoms with Gasteiger partial charge in [-0.25, -0.2) is 0 Å². The number of benzene rings is 3. The van der Waals surface area contributed by atoms with Gasteiger partial charge in [0.2, 0.25) is 5.91 Å². The van der Waals surface area contributed by atoms with Gasteiger partial charge in [-0.1, -0.05) is 53.5 Å². The van der Waals surface area contributed by atoms with Gasteiger partial charge in [0.1, 0.15) is 12.3 Å². The molecule has 0 spiro atoms. The van der Waals surface area contributed by atoms with Gasteiger partial charge in [-0.2, -0.15) is 13.2 Å². The van der Waals surface area contributed by atoms with Crippen molar-refractivity contribution in [2.75, 3.05) is 18.9 Å². The molecule has 1 aliphatic rings. The van der Waals surface area contributed by atoms with Gasteiger partial charge < -0.3 is 20.3 Å². The summed E-state index contributed by atoms with van der Waals surface area (Å²) >= 11 is 13.1. The molecular weight excluding hydrogens is 554 g/mol. The van der Waals surface area contributed by atoms with Gasteiger partial charge in [-0.3, -0.25) is 9.59 Å². The fourth-order valence-electron chi connectivity index (χ4n) is 4.12. The third kappa shape index (κ3) is 6.49. The topological polar surface area (TPSA) is 70.7 Å². The van der Waals surface area contributed by atoms with Crippen molar-refractivity contribution in [1.82, 2.24) is 10.2 Å². The quantitative estimate of drug-likeness (QED) is 0.248. The second-order valence-corrected chi connectivity index (χ2v) is 10.2. The number of anilines is 1. The molecule has 0 saturated heterocycles. The lowest BCUT2D eigenvalue weighted by Crippen LogP contribution is -2.47. The maximum absolute atomic E-state index is 13.2. The molecular formula is C28H24Cl2F3N3O3. The smallest absolute Gasteiger partial charge is 0.416 e. The van der Waals surface area contributed by atoms with E-state index in [1.54, 1.807) is 25.1 Å². The molecule has 2 amide bonds. The van der Waals surface area contributed by atoms with Gasteiger partial charge >= 0.3 is 6.18 Å². The molecule has 0 fully saturated rings. The van der Waals surface area contributed by atoms with Gasteiger partial charge in [0.15, 0.2) is 10.8 Å². The molecule has 4 rings (SSSR count). The minimum atomic E-state index is -4.52. The van der Waals surface area contributed by atoms with Gasteiger partial charge in [0.25, 0.3) is 5.91 Å². The summed E-state index contributed by atoms with van der Waals surface area (Å²) in [6.45, 7) is 1.41. The molecule has 6 nitrogen and oxygen atoms in total. The molecule has 0 bridgehead atoms. The average Bonchev–Trinajstić information content (AvgIpc) is 2.89. The van der Waals surface area contributed by atoms with Crippen LogP contribution in [0.2, 0.25) is 5.02 Å². The van der Waals surface area contributed by atoms with E-state index < -0.39 is 35.1 Å². The molecule has 3 aromatic rings. The highest BCUT2D eigenvalue weighted by molar-refractivity contribution is 6.31. The Morgan fingerprint density at radius 1 is 1.05 bits per heavy atom. The molecule has 0 radical (unpaired) electrons. The standard InChI is InChI=1S/C28H24Cl2F3N3O3/c1-27(30)25(36(2)23(37)15-34-26(38)18-8-10-19(11-9-18)28(31,32)33)24(39-16-17-6-4-3-5-7-17)21-14-20(29)12-13-22(21)35-27/h3-14,35H,15-16H2,1-2H3,(H,34,38). The van der Waals surface area contributed by atoms with Crippen LogP contribution >= 0.6 is 23.2 Å². The van der Waals surface area contributed by atoms with Crippen molar-refractivity contribution in [2.24, 2.45) is 0 Å². The summed E-state index contributed by atoms with van der Waals surface area (Å²) in [6.07, 6.45) is -4.52. The lowest BCUT2D eigenvalue weighted by atomic mass is 9.99. The number of ether oxygens (including phenoxy) is 1. The number of carbonyl (C=O) groups is 2. The summed E-state index contributed by atoms with van der Waals surface area (Å²) in [4.78, 5) is 25.7. The number of amides is 2. The van der Waals surface area contributed by atoms with Crippen LogP contribution in [0.3, 0.4) is 0 Å². The van der Waals surface area contributed by atoms with Crippen molar-refractivity contribution >= 4 is 46.5 Å². The molecule has 0 aromatic heterocycles. The predicted molar refractivity (Wildman–Crippen MR) is 144 cm³/mol. The maximum atomic E-state index is 13.2. The monoisotopic (exact) mass is 577 g/mol. The Morgan fingerprint density at radius 2 is 1.72 bits per heavy atom.